The lowest BCUT2D eigenvalue weighted by atomic mass is 10.2. The van der Waals surface area contributed by atoms with E-state index >= 15 is 0 Å². The van der Waals surface area contributed by atoms with Gasteiger partial charge in [-0.15, -0.1) is 0 Å². The molecule has 5 heteroatoms. The van der Waals surface area contributed by atoms with Crippen molar-refractivity contribution < 1.29 is 0 Å². The van der Waals surface area contributed by atoms with Crippen LogP contribution < -0.4 is 11.1 Å². The first kappa shape index (κ1) is 10.6. The van der Waals surface area contributed by atoms with Gasteiger partial charge in [-0.2, -0.15) is 5.10 Å². The highest BCUT2D eigenvalue weighted by atomic mass is 15.1. The summed E-state index contributed by atoms with van der Waals surface area (Å²) < 4.78 is 0. The molecule has 1 aromatic rings. The number of aromatic nitrogens is 2. The van der Waals surface area contributed by atoms with Gasteiger partial charge in [0, 0.05) is 17.8 Å². The zero-order valence-electron chi connectivity index (χ0n) is 8.78. The van der Waals surface area contributed by atoms with Crippen molar-refractivity contribution in [1.82, 2.24) is 15.5 Å². The molecule has 0 saturated heterocycles. The van der Waals surface area contributed by atoms with Crippen molar-refractivity contribution in [3.8, 4) is 0 Å². The molecule has 0 aliphatic heterocycles. The Morgan fingerprint density at radius 2 is 2.29 bits per heavy atom. The normalized spacial score (nSPS) is 14.4. The first-order chi connectivity index (χ1) is 6.59. The summed E-state index contributed by atoms with van der Waals surface area (Å²) in [5.41, 5.74) is 6.72. The molecule has 0 radical (unpaired) electrons. The van der Waals surface area contributed by atoms with Gasteiger partial charge < -0.3 is 11.1 Å². The molecule has 78 valence electrons. The molecular formula is C9H17N5. The fraction of sp³-hybridized carbons (Fsp3) is 0.556. The minimum Gasteiger partial charge on any atom is -0.370 e. The number of aromatic amines is 1. The van der Waals surface area contributed by atoms with E-state index in [1.807, 2.05) is 27.0 Å². The van der Waals surface area contributed by atoms with Gasteiger partial charge in [0.25, 0.3) is 0 Å². The number of H-pyrrole nitrogens is 1. The molecule has 0 bridgehead atoms. The van der Waals surface area contributed by atoms with E-state index in [2.05, 4.69) is 20.5 Å². The molecule has 0 amide bonds. The second kappa shape index (κ2) is 4.64. The number of nitrogens with one attached hydrogen (secondary N) is 2. The van der Waals surface area contributed by atoms with Gasteiger partial charge in [-0.05, 0) is 20.8 Å². The van der Waals surface area contributed by atoms with Crippen molar-refractivity contribution in [2.75, 3.05) is 0 Å². The Labute approximate surface area is 83.8 Å². The predicted octanol–water partition coefficient (Wildman–Crippen LogP) is 0.783. The van der Waals surface area contributed by atoms with Crippen molar-refractivity contribution in [3.63, 3.8) is 0 Å². The predicted molar refractivity (Wildman–Crippen MR) is 56.9 cm³/mol. The average Bonchev–Trinajstić information content (AvgIpc) is 2.53. The molecular weight excluding hydrogens is 178 g/mol. The van der Waals surface area contributed by atoms with E-state index in [-0.39, 0.29) is 6.04 Å². The zero-order valence-corrected chi connectivity index (χ0v) is 8.78. The maximum absolute atomic E-state index is 5.69. The molecule has 0 saturated carbocycles. The maximum Gasteiger partial charge on any atom is 0.189 e. The molecule has 1 aromatic heterocycles. The molecule has 0 aromatic carbocycles. The van der Waals surface area contributed by atoms with E-state index in [1.54, 1.807) is 6.20 Å². The third kappa shape index (κ3) is 3.08. The van der Waals surface area contributed by atoms with Gasteiger partial charge >= 0.3 is 0 Å². The molecule has 0 aliphatic carbocycles. The molecule has 5 nitrogen and oxygen atoms in total. The minimum absolute atomic E-state index is 0.0278. The van der Waals surface area contributed by atoms with Gasteiger partial charge in [0.1, 0.15) is 0 Å². The fourth-order valence-corrected chi connectivity index (χ4v) is 1.11. The summed E-state index contributed by atoms with van der Waals surface area (Å²) in [6.45, 7) is 6.01. The summed E-state index contributed by atoms with van der Waals surface area (Å²) in [4.78, 5) is 4.28. The lowest BCUT2D eigenvalue weighted by Gasteiger charge is -2.10. The standard InChI is InChI=1S/C9H17N5/c1-6(2)13-9(10)14-7(3)8-4-11-12-5-8/h4-7H,1-3H3,(H,11,12)(H3,10,13,14). The third-order valence-electron chi connectivity index (χ3n) is 1.77. The molecule has 1 rings (SSSR count). The van der Waals surface area contributed by atoms with Gasteiger partial charge in [-0.1, -0.05) is 0 Å². The van der Waals surface area contributed by atoms with Crippen LogP contribution in [0.25, 0.3) is 0 Å². The van der Waals surface area contributed by atoms with Crippen LogP contribution in [0.4, 0.5) is 0 Å². The van der Waals surface area contributed by atoms with E-state index in [9.17, 15) is 0 Å². The Kier molecular flexibility index (Phi) is 3.50. The van der Waals surface area contributed by atoms with Gasteiger partial charge in [-0.25, -0.2) is 4.99 Å². The third-order valence-corrected chi connectivity index (χ3v) is 1.77. The second-order valence-corrected chi connectivity index (χ2v) is 3.52. The molecule has 1 atom stereocenters. The minimum atomic E-state index is 0.0278. The van der Waals surface area contributed by atoms with Crippen LogP contribution in [0.15, 0.2) is 17.4 Å². The molecule has 4 N–H and O–H groups in total. The highest BCUT2D eigenvalue weighted by molar-refractivity contribution is 5.78. The quantitative estimate of drug-likeness (QED) is 0.492. The second-order valence-electron chi connectivity index (χ2n) is 3.52. The summed E-state index contributed by atoms with van der Waals surface area (Å²) in [5.74, 6) is 0.466. The van der Waals surface area contributed by atoms with Crippen LogP contribution in [-0.2, 0) is 0 Å². The number of hydrogen-bond acceptors (Lipinski definition) is 2. The largest absolute Gasteiger partial charge is 0.370 e. The number of rotatable bonds is 3. The zero-order chi connectivity index (χ0) is 10.6. The van der Waals surface area contributed by atoms with Crippen LogP contribution in [0.1, 0.15) is 32.4 Å². The number of aliphatic imine (C=N–C) groups is 1. The van der Waals surface area contributed by atoms with Crippen LogP contribution >= 0.6 is 0 Å². The van der Waals surface area contributed by atoms with E-state index < -0.39 is 0 Å². The monoisotopic (exact) mass is 195 g/mol. The van der Waals surface area contributed by atoms with Crippen molar-refractivity contribution in [3.05, 3.63) is 18.0 Å². The molecule has 1 unspecified atom stereocenters. The number of hydrogen-bond donors (Lipinski definition) is 3. The van der Waals surface area contributed by atoms with Crippen LogP contribution in [0.2, 0.25) is 0 Å². The van der Waals surface area contributed by atoms with Crippen LogP contribution in [0.5, 0.6) is 0 Å². The van der Waals surface area contributed by atoms with E-state index in [1.165, 1.54) is 0 Å². The molecule has 0 fully saturated rings. The Morgan fingerprint density at radius 3 is 2.79 bits per heavy atom. The van der Waals surface area contributed by atoms with Gasteiger partial charge in [0.15, 0.2) is 5.96 Å². The highest BCUT2D eigenvalue weighted by Crippen LogP contribution is 2.13. The molecule has 0 aliphatic rings. The lowest BCUT2D eigenvalue weighted by Crippen LogP contribution is -2.36. The Hall–Kier alpha value is -1.52. The Balaban J connectivity index is 2.58. The number of nitrogens with two attached hydrogens (primary N) is 1. The van der Waals surface area contributed by atoms with E-state index in [0.717, 1.165) is 5.56 Å². The van der Waals surface area contributed by atoms with Crippen molar-refractivity contribution in [2.24, 2.45) is 10.7 Å². The van der Waals surface area contributed by atoms with Crippen molar-refractivity contribution in [2.45, 2.75) is 32.9 Å². The van der Waals surface area contributed by atoms with Gasteiger partial charge in [-0.3, -0.25) is 5.10 Å². The smallest absolute Gasteiger partial charge is 0.189 e. The van der Waals surface area contributed by atoms with Gasteiger partial charge in [0.05, 0.1) is 12.2 Å². The SMILES string of the molecule is CC(C)NC(N)=NC(C)c1cn[nH]c1. The topological polar surface area (TPSA) is 79.1 Å². The van der Waals surface area contributed by atoms with Crippen molar-refractivity contribution >= 4 is 5.96 Å². The van der Waals surface area contributed by atoms with Crippen LogP contribution in [0, 0.1) is 0 Å². The first-order valence-electron chi connectivity index (χ1n) is 4.68. The summed E-state index contributed by atoms with van der Waals surface area (Å²) in [5, 5.41) is 9.63. The highest BCUT2D eigenvalue weighted by Gasteiger charge is 2.05. The van der Waals surface area contributed by atoms with Crippen LogP contribution in [-0.4, -0.2) is 22.2 Å². The summed E-state index contributed by atoms with van der Waals surface area (Å²) in [7, 11) is 0. The number of guanidine groups is 1. The van der Waals surface area contributed by atoms with Gasteiger partial charge in [0.2, 0.25) is 0 Å². The summed E-state index contributed by atoms with van der Waals surface area (Å²) in [6.07, 6.45) is 3.56. The summed E-state index contributed by atoms with van der Waals surface area (Å²) >= 11 is 0. The molecule has 0 spiro atoms. The first-order valence-corrected chi connectivity index (χ1v) is 4.68. The van der Waals surface area contributed by atoms with E-state index in [0.29, 0.717) is 12.0 Å². The average molecular weight is 195 g/mol. The summed E-state index contributed by atoms with van der Waals surface area (Å²) in [6, 6.07) is 0.329. The molecule has 14 heavy (non-hydrogen) atoms. The lowest BCUT2D eigenvalue weighted by molar-refractivity contribution is 0.711. The van der Waals surface area contributed by atoms with E-state index in [4.69, 9.17) is 5.73 Å². The fourth-order valence-electron chi connectivity index (χ4n) is 1.11. The van der Waals surface area contributed by atoms with Crippen LogP contribution in [0.3, 0.4) is 0 Å². The van der Waals surface area contributed by atoms with Crippen molar-refractivity contribution in [1.29, 1.82) is 0 Å². The Bertz CT molecular complexity index is 288. The Morgan fingerprint density at radius 1 is 1.57 bits per heavy atom. The number of nitrogens with zero attached hydrogens (tertiary/aromatic N) is 2. The maximum atomic E-state index is 5.69. The molecule has 1 heterocycles.